The van der Waals surface area contributed by atoms with Crippen LogP contribution in [0.3, 0.4) is 0 Å². The molecule has 0 aliphatic heterocycles. The van der Waals surface area contributed by atoms with Crippen LogP contribution < -0.4 is 15.4 Å². The van der Waals surface area contributed by atoms with Crippen molar-refractivity contribution in [2.75, 3.05) is 24.3 Å². The van der Waals surface area contributed by atoms with E-state index in [0.29, 0.717) is 41.5 Å². The lowest BCUT2D eigenvalue weighted by Gasteiger charge is -2.10. The number of nitrogens with zero attached hydrogens (tertiary/aromatic N) is 2. The van der Waals surface area contributed by atoms with Crippen molar-refractivity contribution >= 4 is 17.5 Å². The second-order valence-corrected chi connectivity index (χ2v) is 5.72. The first-order chi connectivity index (χ1) is 13.2. The summed E-state index contributed by atoms with van der Waals surface area (Å²) in [4.78, 5) is 20.6. The van der Waals surface area contributed by atoms with Crippen LogP contribution in [0, 0.1) is 5.82 Å². The molecule has 0 atom stereocenters. The van der Waals surface area contributed by atoms with Gasteiger partial charge in [0.15, 0.2) is 0 Å². The van der Waals surface area contributed by atoms with E-state index in [1.54, 1.807) is 36.4 Å². The van der Waals surface area contributed by atoms with E-state index < -0.39 is 0 Å². The smallest absolute Gasteiger partial charge is 0.258 e. The maximum Gasteiger partial charge on any atom is 0.258 e. The van der Waals surface area contributed by atoms with Gasteiger partial charge in [0.1, 0.15) is 11.6 Å². The molecule has 2 aromatic carbocycles. The van der Waals surface area contributed by atoms with E-state index in [4.69, 9.17) is 4.74 Å². The largest absolute Gasteiger partial charge is 0.495 e. The zero-order valence-electron chi connectivity index (χ0n) is 14.8. The average molecular weight is 366 g/mol. The summed E-state index contributed by atoms with van der Waals surface area (Å²) in [5, 5.41) is 5.78. The molecular weight excluding hydrogens is 347 g/mol. The highest BCUT2D eigenvalue weighted by atomic mass is 19.1. The lowest BCUT2D eigenvalue weighted by Crippen LogP contribution is -2.14. The predicted molar refractivity (Wildman–Crippen MR) is 102 cm³/mol. The van der Waals surface area contributed by atoms with Gasteiger partial charge < -0.3 is 15.4 Å². The van der Waals surface area contributed by atoms with Gasteiger partial charge in [0, 0.05) is 18.9 Å². The number of rotatable bonds is 7. The molecule has 138 valence electrons. The Morgan fingerprint density at radius 2 is 1.78 bits per heavy atom. The first kappa shape index (κ1) is 18.3. The van der Waals surface area contributed by atoms with Gasteiger partial charge in [-0.05, 0) is 30.2 Å². The molecular formula is C20H19FN4O2. The molecule has 6 nitrogen and oxygen atoms in total. The molecule has 3 rings (SSSR count). The number of nitrogens with one attached hydrogen (secondary N) is 2. The van der Waals surface area contributed by atoms with E-state index in [9.17, 15) is 9.18 Å². The van der Waals surface area contributed by atoms with Crippen LogP contribution in [0.2, 0.25) is 0 Å². The Morgan fingerprint density at radius 3 is 2.52 bits per heavy atom. The molecule has 0 radical (unpaired) electrons. The molecule has 0 spiro atoms. The Hall–Kier alpha value is -3.48. The van der Waals surface area contributed by atoms with Crippen LogP contribution in [0.1, 0.15) is 15.9 Å². The molecule has 1 aromatic heterocycles. The Labute approximate surface area is 156 Å². The SMILES string of the molecule is COc1ccccc1NC(=O)c1cnc(NCCc2ccccc2F)nc1. The molecule has 1 amide bonds. The lowest BCUT2D eigenvalue weighted by atomic mass is 10.1. The number of aromatic nitrogens is 2. The monoisotopic (exact) mass is 366 g/mol. The molecule has 2 N–H and O–H groups in total. The van der Waals surface area contributed by atoms with Crippen molar-refractivity contribution in [2.24, 2.45) is 0 Å². The number of hydrogen-bond donors (Lipinski definition) is 2. The minimum absolute atomic E-state index is 0.233. The zero-order valence-corrected chi connectivity index (χ0v) is 14.8. The maximum atomic E-state index is 13.6. The van der Waals surface area contributed by atoms with Gasteiger partial charge in [0.05, 0.1) is 18.4 Å². The van der Waals surface area contributed by atoms with E-state index in [-0.39, 0.29) is 11.7 Å². The topological polar surface area (TPSA) is 76.1 Å². The summed E-state index contributed by atoms with van der Waals surface area (Å²) in [5.41, 5.74) is 1.51. The Kier molecular flexibility index (Phi) is 5.94. The van der Waals surface area contributed by atoms with Gasteiger partial charge in [-0.3, -0.25) is 4.79 Å². The molecule has 0 aliphatic carbocycles. The van der Waals surface area contributed by atoms with Gasteiger partial charge in [-0.1, -0.05) is 30.3 Å². The van der Waals surface area contributed by atoms with Crippen molar-refractivity contribution < 1.29 is 13.9 Å². The standard InChI is InChI=1S/C20H19FN4O2/c1-27-18-9-5-4-8-17(18)25-19(26)15-12-23-20(24-13-15)22-11-10-14-6-2-3-7-16(14)21/h2-9,12-13H,10-11H2,1H3,(H,25,26)(H,22,23,24). The summed E-state index contributed by atoms with van der Waals surface area (Å²) < 4.78 is 18.8. The summed E-state index contributed by atoms with van der Waals surface area (Å²) in [6, 6.07) is 13.7. The van der Waals surface area contributed by atoms with Crippen molar-refractivity contribution in [3.63, 3.8) is 0 Å². The maximum absolute atomic E-state index is 13.6. The van der Waals surface area contributed by atoms with Crippen LogP contribution >= 0.6 is 0 Å². The van der Waals surface area contributed by atoms with Crippen LogP contribution in [0.15, 0.2) is 60.9 Å². The fraction of sp³-hybridized carbons (Fsp3) is 0.150. The summed E-state index contributed by atoms with van der Waals surface area (Å²) in [6.45, 7) is 0.480. The van der Waals surface area contributed by atoms with Crippen LogP contribution in [0.5, 0.6) is 5.75 Å². The first-order valence-electron chi connectivity index (χ1n) is 8.41. The second-order valence-electron chi connectivity index (χ2n) is 5.72. The van der Waals surface area contributed by atoms with Crippen molar-refractivity contribution in [3.8, 4) is 5.75 Å². The van der Waals surface area contributed by atoms with Gasteiger partial charge in [-0.15, -0.1) is 0 Å². The van der Waals surface area contributed by atoms with Gasteiger partial charge in [-0.25, -0.2) is 14.4 Å². The van der Waals surface area contributed by atoms with Crippen molar-refractivity contribution in [2.45, 2.75) is 6.42 Å². The summed E-state index contributed by atoms with van der Waals surface area (Å²) in [5.74, 6) is 0.374. The normalized spacial score (nSPS) is 10.3. The number of methoxy groups -OCH3 is 1. The summed E-state index contributed by atoms with van der Waals surface area (Å²) in [7, 11) is 1.54. The minimum atomic E-state index is -0.336. The van der Waals surface area contributed by atoms with Gasteiger partial charge in [0.2, 0.25) is 5.95 Å². The van der Waals surface area contributed by atoms with Gasteiger partial charge in [-0.2, -0.15) is 0 Å². The Bertz CT molecular complexity index is 916. The predicted octanol–water partition coefficient (Wildman–Crippen LogP) is 3.53. The Balaban J connectivity index is 1.56. The summed E-state index contributed by atoms with van der Waals surface area (Å²) in [6.07, 6.45) is 3.37. The third kappa shape index (κ3) is 4.78. The molecule has 27 heavy (non-hydrogen) atoms. The first-order valence-corrected chi connectivity index (χ1v) is 8.41. The van der Waals surface area contributed by atoms with Gasteiger partial charge in [0.25, 0.3) is 5.91 Å². The number of anilines is 2. The Morgan fingerprint density at radius 1 is 1.07 bits per heavy atom. The van der Waals surface area contributed by atoms with Crippen molar-refractivity contribution in [1.82, 2.24) is 9.97 Å². The molecule has 0 bridgehead atoms. The van der Waals surface area contributed by atoms with Crippen molar-refractivity contribution in [1.29, 1.82) is 0 Å². The van der Waals surface area contributed by atoms with Crippen molar-refractivity contribution in [3.05, 3.63) is 77.9 Å². The highest BCUT2D eigenvalue weighted by Gasteiger charge is 2.10. The highest BCUT2D eigenvalue weighted by molar-refractivity contribution is 6.04. The minimum Gasteiger partial charge on any atom is -0.495 e. The quantitative estimate of drug-likeness (QED) is 0.669. The second kappa shape index (κ2) is 8.75. The van der Waals surface area contributed by atoms with Crippen LogP contribution in [0.4, 0.5) is 16.0 Å². The van der Waals surface area contributed by atoms with Crippen LogP contribution in [-0.2, 0) is 6.42 Å². The third-order valence-electron chi connectivity index (χ3n) is 3.90. The highest BCUT2D eigenvalue weighted by Crippen LogP contribution is 2.23. The number of para-hydroxylation sites is 2. The number of amides is 1. The molecule has 7 heteroatoms. The number of hydrogen-bond acceptors (Lipinski definition) is 5. The fourth-order valence-electron chi connectivity index (χ4n) is 2.49. The van der Waals surface area contributed by atoms with E-state index in [1.165, 1.54) is 25.6 Å². The number of halogens is 1. The average Bonchev–Trinajstić information content (AvgIpc) is 2.70. The number of carbonyl (C=O) groups is 1. The molecule has 0 unspecified atom stereocenters. The molecule has 0 fully saturated rings. The zero-order chi connectivity index (χ0) is 19.1. The number of benzene rings is 2. The van der Waals surface area contributed by atoms with E-state index in [1.807, 2.05) is 6.07 Å². The fourth-order valence-corrected chi connectivity index (χ4v) is 2.49. The van der Waals surface area contributed by atoms with E-state index in [2.05, 4.69) is 20.6 Å². The van der Waals surface area contributed by atoms with Crippen LogP contribution in [0.25, 0.3) is 0 Å². The third-order valence-corrected chi connectivity index (χ3v) is 3.90. The summed E-state index contributed by atoms with van der Waals surface area (Å²) >= 11 is 0. The molecule has 1 heterocycles. The lowest BCUT2D eigenvalue weighted by molar-refractivity contribution is 0.102. The van der Waals surface area contributed by atoms with E-state index in [0.717, 1.165) is 0 Å². The number of carbonyl (C=O) groups excluding carboxylic acids is 1. The number of ether oxygens (including phenoxy) is 1. The van der Waals surface area contributed by atoms with Crippen LogP contribution in [-0.4, -0.2) is 29.5 Å². The molecule has 0 saturated heterocycles. The molecule has 0 saturated carbocycles. The van der Waals surface area contributed by atoms with Gasteiger partial charge >= 0.3 is 0 Å². The molecule has 0 aliphatic rings. The van der Waals surface area contributed by atoms with E-state index >= 15 is 0 Å². The molecule has 3 aromatic rings.